The highest BCUT2D eigenvalue weighted by Gasteiger charge is 2.07. The van der Waals surface area contributed by atoms with Gasteiger partial charge in [0.05, 0.1) is 5.69 Å². The molecule has 0 saturated heterocycles. The quantitative estimate of drug-likeness (QED) is 0.453. The number of unbranched alkanes of at least 4 members (excludes halogenated alkanes) is 3. The van der Waals surface area contributed by atoms with Crippen LogP contribution in [0.4, 0.5) is 10.8 Å². The van der Waals surface area contributed by atoms with Crippen molar-refractivity contribution in [3.8, 4) is 11.3 Å². The number of carbonyl (C=O) groups excluding carboxylic acids is 1. The highest BCUT2D eigenvalue weighted by Crippen LogP contribution is 2.26. The standard InChI is InChI=1S/C19H25N3OS/c1-3-5-6-7-11-18(23)21-16-10-8-9-15(13-16)17-14-24-19(22-17)20-12-4-2/h4,8-10,13-14H,2-3,5-7,11-12H2,1H3,(H,20,22)(H,21,23). The van der Waals surface area contributed by atoms with Crippen LogP contribution in [0.3, 0.4) is 0 Å². The second-order valence-electron chi connectivity index (χ2n) is 5.65. The fraction of sp³-hybridized carbons (Fsp3) is 0.368. The van der Waals surface area contributed by atoms with Crippen LogP contribution in [-0.2, 0) is 4.79 Å². The van der Waals surface area contributed by atoms with E-state index in [2.05, 4.69) is 29.1 Å². The average Bonchev–Trinajstić information content (AvgIpc) is 3.06. The molecule has 0 bridgehead atoms. The molecule has 24 heavy (non-hydrogen) atoms. The number of hydrogen-bond acceptors (Lipinski definition) is 4. The van der Waals surface area contributed by atoms with E-state index in [4.69, 9.17) is 0 Å². The molecule has 128 valence electrons. The molecular formula is C19H25N3OS. The summed E-state index contributed by atoms with van der Waals surface area (Å²) in [6, 6.07) is 7.83. The Kier molecular flexibility index (Phi) is 7.49. The first-order valence-electron chi connectivity index (χ1n) is 8.43. The molecule has 4 nitrogen and oxygen atoms in total. The van der Waals surface area contributed by atoms with Gasteiger partial charge in [-0.1, -0.05) is 44.4 Å². The number of amides is 1. The fourth-order valence-corrected chi connectivity index (χ4v) is 3.07. The Morgan fingerprint density at radius 1 is 1.33 bits per heavy atom. The normalized spacial score (nSPS) is 10.4. The van der Waals surface area contributed by atoms with E-state index < -0.39 is 0 Å². The molecule has 0 fully saturated rings. The van der Waals surface area contributed by atoms with Crippen molar-refractivity contribution in [2.24, 2.45) is 0 Å². The van der Waals surface area contributed by atoms with Crippen LogP contribution < -0.4 is 10.6 Å². The van der Waals surface area contributed by atoms with Crippen molar-refractivity contribution < 1.29 is 4.79 Å². The van der Waals surface area contributed by atoms with Crippen LogP contribution >= 0.6 is 11.3 Å². The number of rotatable bonds is 10. The van der Waals surface area contributed by atoms with Gasteiger partial charge in [-0.05, 0) is 18.6 Å². The van der Waals surface area contributed by atoms with E-state index in [1.54, 1.807) is 17.4 Å². The number of aromatic nitrogens is 1. The Morgan fingerprint density at radius 2 is 2.21 bits per heavy atom. The van der Waals surface area contributed by atoms with Crippen LogP contribution in [0.15, 0.2) is 42.3 Å². The monoisotopic (exact) mass is 343 g/mol. The zero-order chi connectivity index (χ0) is 17.2. The average molecular weight is 343 g/mol. The summed E-state index contributed by atoms with van der Waals surface area (Å²) < 4.78 is 0. The summed E-state index contributed by atoms with van der Waals surface area (Å²) in [6.07, 6.45) is 6.82. The second kappa shape index (κ2) is 9.88. The zero-order valence-corrected chi connectivity index (χ0v) is 15.0. The minimum absolute atomic E-state index is 0.0786. The van der Waals surface area contributed by atoms with Crippen molar-refractivity contribution in [3.63, 3.8) is 0 Å². The SMILES string of the molecule is C=CCNc1nc(-c2cccc(NC(=O)CCCCCC)c2)cs1. The minimum atomic E-state index is 0.0786. The lowest BCUT2D eigenvalue weighted by atomic mass is 10.1. The first kappa shape index (κ1) is 18.2. The van der Waals surface area contributed by atoms with E-state index in [9.17, 15) is 4.79 Å². The summed E-state index contributed by atoms with van der Waals surface area (Å²) in [5, 5.41) is 9.04. The molecule has 0 spiro atoms. The lowest BCUT2D eigenvalue weighted by Gasteiger charge is -2.06. The van der Waals surface area contributed by atoms with Gasteiger partial charge in [-0.3, -0.25) is 4.79 Å². The second-order valence-corrected chi connectivity index (χ2v) is 6.51. The lowest BCUT2D eigenvalue weighted by molar-refractivity contribution is -0.116. The number of carbonyl (C=O) groups is 1. The van der Waals surface area contributed by atoms with Crippen molar-refractivity contribution in [3.05, 3.63) is 42.3 Å². The minimum Gasteiger partial charge on any atom is -0.358 e. The van der Waals surface area contributed by atoms with E-state index in [0.29, 0.717) is 13.0 Å². The summed E-state index contributed by atoms with van der Waals surface area (Å²) in [6.45, 7) is 6.55. The molecule has 0 radical (unpaired) electrons. The van der Waals surface area contributed by atoms with E-state index in [0.717, 1.165) is 34.9 Å². The van der Waals surface area contributed by atoms with Gasteiger partial charge in [0.2, 0.25) is 5.91 Å². The van der Waals surface area contributed by atoms with Crippen molar-refractivity contribution in [2.45, 2.75) is 39.0 Å². The first-order chi connectivity index (χ1) is 11.7. The van der Waals surface area contributed by atoms with Gasteiger partial charge in [-0.15, -0.1) is 17.9 Å². The summed E-state index contributed by atoms with van der Waals surface area (Å²) in [5.74, 6) is 0.0786. The molecule has 1 aromatic heterocycles. The predicted molar refractivity (Wildman–Crippen MR) is 104 cm³/mol. The Hall–Kier alpha value is -2.14. The van der Waals surface area contributed by atoms with Crippen molar-refractivity contribution >= 4 is 28.1 Å². The van der Waals surface area contributed by atoms with Crippen LogP contribution in [0.5, 0.6) is 0 Å². The van der Waals surface area contributed by atoms with Crippen LogP contribution in [-0.4, -0.2) is 17.4 Å². The Labute approximate surface area is 148 Å². The van der Waals surface area contributed by atoms with Crippen molar-refractivity contribution in [1.82, 2.24) is 4.98 Å². The molecule has 0 aliphatic rings. The zero-order valence-electron chi connectivity index (χ0n) is 14.2. The van der Waals surface area contributed by atoms with Gasteiger partial charge >= 0.3 is 0 Å². The lowest BCUT2D eigenvalue weighted by Crippen LogP contribution is -2.11. The van der Waals surface area contributed by atoms with Crippen molar-refractivity contribution in [2.75, 3.05) is 17.2 Å². The molecule has 0 atom stereocenters. The Morgan fingerprint density at radius 3 is 3.00 bits per heavy atom. The molecular weight excluding hydrogens is 318 g/mol. The van der Waals surface area contributed by atoms with E-state index >= 15 is 0 Å². The Bertz CT molecular complexity index is 666. The summed E-state index contributed by atoms with van der Waals surface area (Å²) in [5.41, 5.74) is 2.73. The van der Waals surface area contributed by atoms with Gasteiger partial charge in [0, 0.05) is 29.6 Å². The fourth-order valence-electron chi connectivity index (χ4n) is 2.34. The van der Waals surface area contributed by atoms with Gasteiger partial charge in [0.25, 0.3) is 0 Å². The highest BCUT2D eigenvalue weighted by molar-refractivity contribution is 7.14. The third-order valence-electron chi connectivity index (χ3n) is 3.60. The molecule has 2 rings (SSSR count). The number of thiazole rings is 1. The highest BCUT2D eigenvalue weighted by atomic mass is 32.1. The molecule has 0 aliphatic carbocycles. The van der Waals surface area contributed by atoms with Crippen LogP contribution in [0.1, 0.15) is 39.0 Å². The maximum atomic E-state index is 12.0. The molecule has 5 heteroatoms. The molecule has 1 aromatic carbocycles. The molecule has 2 aromatic rings. The number of nitrogens with one attached hydrogen (secondary N) is 2. The van der Waals surface area contributed by atoms with Crippen LogP contribution in [0.25, 0.3) is 11.3 Å². The van der Waals surface area contributed by atoms with Gasteiger partial charge in [-0.2, -0.15) is 0 Å². The maximum absolute atomic E-state index is 12.0. The number of benzene rings is 1. The molecule has 0 unspecified atom stereocenters. The maximum Gasteiger partial charge on any atom is 0.224 e. The summed E-state index contributed by atoms with van der Waals surface area (Å²) in [4.78, 5) is 16.6. The molecule has 0 saturated carbocycles. The number of hydrogen-bond donors (Lipinski definition) is 2. The Balaban J connectivity index is 1.94. The van der Waals surface area contributed by atoms with Crippen LogP contribution in [0, 0.1) is 0 Å². The predicted octanol–water partition coefficient (Wildman–Crippen LogP) is 5.32. The van der Waals surface area contributed by atoms with Crippen molar-refractivity contribution in [1.29, 1.82) is 0 Å². The summed E-state index contributed by atoms with van der Waals surface area (Å²) in [7, 11) is 0. The van der Waals surface area contributed by atoms with E-state index in [-0.39, 0.29) is 5.91 Å². The summed E-state index contributed by atoms with van der Waals surface area (Å²) >= 11 is 1.56. The molecule has 2 N–H and O–H groups in total. The molecule has 0 aliphatic heterocycles. The van der Waals surface area contributed by atoms with Gasteiger partial charge in [0.15, 0.2) is 5.13 Å². The largest absolute Gasteiger partial charge is 0.358 e. The van der Waals surface area contributed by atoms with Crippen LogP contribution in [0.2, 0.25) is 0 Å². The molecule has 1 amide bonds. The third kappa shape index (κ3) is 5.81. The third-order valence-corrected chi connectivity index (χ3v) is 4.40. The van der Waals surface area contributed by atoms with Gasteiger partial charge in [-0.25, -0.2) is 4.98 Å². The van der Waals surface area contributed by atoms with E-state index in [1.165, 1.54) is 12.8 Å². The first-order valence-corrected chi connectivity index (χ1v) is 9.31. The number of anilines is 2. The topological polar surface area (TPSA) is 54.0 Å². The molecule has 1 heterocycles. The van der Waals surface area contributed by atoms with E-state index in [1.807, 2.05) is 29.6 Å². The number of nitrogens with zero attached hydrogens (tertiary/aromatic N) is 1. The van der Waals surface area contributed by atoms with Gasteiger partial charge in [0.1, 0.15) is 0 Å². The smallest absolute Gasteiger partial charge is 0.224 e. The van der Waals surface area contributed by atoms with Gasteiger partial charge < -0.3 is 10.6 Å².